The topological polar surface area (TPSA) is 78.5 Å². The molecule has 0 fully saturated rings. The van der Waals surface area contributed by atoms with Gasteiger partial charge in [-0.25, -0.2) is 4.98 Å². The lowest BCUT2D eigenvalue weighted by Crippen LogP contribution is -2.25. The number of para-hydroxylation sites is 1. The number of nitrogens with one attached hydrogen (secondary N) is 1. The summed E-state index contributed by atoms with van der Waals surface area (Å²) >= 11 is 0. The molecule has 0 aliphatic carbocycles. The van der Waals surface area contributed by atoms with E-state index < -0.39 is 6.10 Å². The molecule has 4 aromatic rings. The smallest absolute Gasteiger partial charge is 0.183 e. The normalized spacial score (nSPS) is 11.9. The van der Waals surface area contributed by atoms with Crippen molar-refractivity contribution >= 4 is 16.7 Å². The molecule has 0 bridgehead atoms. The quantitative estimate of drug-likeness (QED) is 0.494. The number of aromatic amines is 1. The molecule has 6 nitrogen and oxygen atoms in total. The van der Waals surface area contributed by atoms with E-state index in [0.29, 0.717) is 24.7 Å². The third-order valence-corrected chi connectivity index (χ3v) is 4.90. The number of likely N-dealkylation sites (N-methyl/N-ethyl adjacent to an activating group) is 1. The minimum absolute atomic E-state index is 0.0808. The highest BCUT2D eigenvalue weighted by atomic mass is 16.5. The first kappa shape index (κ1) is 19.7. The van der Waals surface area contributed by atoms with Gasteiger partial charge in [0.05, 0.1) is 17.3 Å². The molecular weight excluding hydrogens is 378 g/mol. The van der Waals surface area contributed by atoms with Gasteiger partial charge in [-0.3, -0.25) is 4.79 Å². The molecule has 0 saturated carbocycles. The lowest BCUT2D eigenvalue weighted by molar-refractivity contribution is 0.184. The monoisotopic (exact) mass is 401 g/mol. The number of aromatic nitrogens is 2. The molecule has 0 aliphatic rings. The maximum Gasteiger partial charge on any atom is 0.183 e. The van der Waals surface area contributed by atoms with Crippen LogP contribution < -0.4 is 15.1 Å². The maximum absolute atomic E-state index is 11.5. The number of nitrogens with zero attached hydrogens (tertiary/aromatic N) is 2. The summed E-state index contributed by atoms with van der Waals surface area (Å²) in [5.74, 6) is 1.31. The lowest BCUT2D eigenvalue weighted by atomic mass is 10.1. The van der Waals surface area contributed by atoms with E-state index in [0.717, 1.165) is 22.2 Å². The van der Waals surface area contributed by atoms with Gasteiger partial charge in [0.15, 0.2) is 5.43 Å². The van der Waals surface area contributed by atoms with E-state index in [1.807, 2.05) is 67.7 Å². The first-order valence-electron chi connectivity index (χ1n) is 9.74. The van der Waals surface area contributed by atoms with Gasteiger partial charge in [-0.05, 0) is 29.8 Å². The average Bonchev–Trinajstić information content (AvgIpc) is 2.77. The van der Waals surface area contributed by atoms with Gasteiger partial charge in [0.1, 0.15) is 18.2 Å². The molecular formula is C24H23N3O3. The Morgan fingerprint density at radius 3 is 2.80 bits per heavy atom. The number of aliphatic hydroxyl groups is 1. The zero-order chi connectivity index (χ0) is 20.9. The number of ether oxygens (including phenoxy) is 1. The number of pyridine rings is 2. The van der Waals surface area contributed by atoms with Crippen LogP contribution in [0.1, 0.15) is 17.4 Å². The molecule has 0 unspecified atom stereocenters. The molecule has 152 valence electrons. The molecule has 2 N–H and O–H groups in total. The third-order valence-electron chi connectivity index (χ3n) is 4.90. The Balaban J connectivity index is 1.41. The van der Waals surface area contributed by atoms with Crippen LogP contribution in [0.5, 0.6) is 5.75 Å². The van der Waals surface area contributed by atoms with E-state index in [1.165, 1.54) is 12.1 Å². The second kappa shape index (κ2) is 8.80. The van der Waals surface area contributed by atoms with Crippen molar-refractivity contribution in [3.05, 3.63) is 100 Å². The van der Waals surface area contributed by atoms with Crippen molar-refractivity contribution in [3.63, 3.8) is 0 Å². The van der Waals surface area contributed by atoms with Gasteiger partial charge in [-0.15, -0.1) is 0 Å². The molecule has 0 aliphatic heterocycles. The second-order valence-corrected chi connectivity index (χ2v) is 7.16. The van der Waals surface area contributed by atoms with Crippen LogP contribution in [-0.4, -0.2) is 28.7 Å². The predicted molar refractivity (Wildman–Crippen MR) is 118 cm³/mol. The number of anilines is 1. The van der Waals surface area contributed by atoms with Gasteiger partial charge < -0.3 is 19.7 Å². The van der Waals surface area contributed by atoms with Crippen LogP contribution in [0.15, 0.2) is 83.8 Å². The summed E-state index contributed by atoms with van der Waals surface area (Å²) in [5, 5.41) is 11.7. The highest BCUT2D eigenvalue weighted by Crippen LogP contribution is 2.22. The zero-order valence-corrected chi connectivity index (χ0v) is 16.7. The van der Waals surface area contributed by atoms with Crippen molar-refractivity contribution in [2.75, 3.05) is 18.5 Å². The maximum atomic E-state index is 11.5. The fourth-order valence-electron chi connectivity index (χ4n) is 3.27. The number of rotatable bonds is 7. The highest BCUT2D eigenvalue weighted by molar-refractivity contribution is 5.78. The Morgan fingerprint density at radius 1 is 1.07 bits per heavy atom. The van der Waals surface area contributed by atoms with Crippen molar-refractivity contribution in [2.24, 2.45) is 0 Å². The minimum atomic E-state index is -0.735. The van der Waals surface area contributed by atoms with Crippen molar-refractivity contribution < 1.29 is 9.84 Å². The van der Waals surface area contributed by atoms with E-state index in [-0.39, 0.29) is 5.43 Å². The van der Waals surface area contributed by atoms with E-state index in [1.54, 1.807) is 11.1 Å². The fourth-order valence-corrected chi connectivity index (χ4v) is 3.27. The number of hydrogen-bond acceptors (Lipinski definition) is 5. The largest absolute Gasteiger partial charge is 0.487 e. The van der Waals surface area contributed by atoms with Gasteiger partial charge in [-0.2, -0.15) is 0 Å². The third kappa shape index (κ3) is 4.67. The van der Waals surface area contributed by atoms with Gasteiger partial charge in [-0.1, -0.05) is 36.4 Å². The van der Waals surface area contributed by atoms with Gasteiger partial charge in [0, 0.05) is 37.3 Å². The number of hydrogen-bond donors (Lipinski definition) is 2. The molecule has 4 rings (SSSR count). The Hall–Kier alpha value is -3.64. The van der Waals surface area contributed by atoms with Crippen molar-refractivity contribution in [1.82, 2.24) is 9.97 Å². The van der Waals surface area contributed by atoms with Crippen molar-refractivity contribution in [2.45, 2.75) is 12.7 Å². The molecule has 1 atom stereocenters. The molecule has 0 spiro atoms. The second-order valence-electron chi connectivity index (χ2n) is 7.16. The van der Waals surface area contributed by atoms with Crippen LogP contribution in [0.3, 0.4) is 0 Å². The number of benzene rings is 2. The Kier molecular flexibility index (Phi) is 5.77. The van der Waals surface area contributed by atoms with Gasteiger partial charge in [0.2, 0.25) is 0 Å². The van der Waals surface area contributed by atoms with E-state index in [9.17, 15) is 9.90 Å². The van der Waals surface area contributed by atoms with Gasteiger partial charge >= 0.3 is 0 Å². The predicted octanol–water partition coefficient (Wildman–Crippen LogP) is 3.67. The summed E-state index contributed by atoms with van der Waals surface area (Å²) in [5.41, 5.74) is 2.43. The Bertz CT molecular complexity index is 1210. The zero-order valence-electron chi connectivity index (χ0n) is 16.7. The summed E-state index contributed by atoms with van der Waals surface area (Å²) in [4.78, 5) is 21.0. The van der Waals surface area contributed by atoms with Crippen molar-refractivity contribution in [3.8, 4) is 5.75 Å². The summed E-state index contributed by atoms with van der Waals surface area (Å²) < 4.78 is 5.90. The van der Waals surface area contributed by atoms with E-state index in [2.05, 4.69) is 9.97 Å². The standard InChI is InChI=1S/C24H23N3O3/c1-27(24-14-20(28)11-12-25-24)15-23(29)18-6-4-7-21(13-18)30-16-19-10-9-17-5-2-3-8-22(17)26-19/h2-14,23,29H,15-16H2,1H3,(H,25,28)/t23-/m0/s1. The van der Waals surface area contributed by atoms with Crippen LogP contribution in [0.4, 0.5) is 5.82 Å². The molecule has 30 heavy (non-hydrogen) atoms. The van der Waals surface area contributed by atoms with Crippen LogP contribution in [0.25, 0.3) is 10.9 Å². The molecule has 2 aromatic carbocycles. The highest BCUT2D eigenvalue weighted by Gasteiger charge is 2.13. The number of fused-ring (bicyclic) bond motifs is 1. The molecule has 0 amide bonds. The van der Waals surface area contributed by atoms with Crippen LogP contribution in [0, 0.1) is 0 Å². The van der Waals surface area contributed by atoms with Crippen LogP contribution in [-0.2, 0) is 6.61 Å². The lowest BCUT2D eigenvalue weighted by Gasteiger charge is -2.22. The molecule has 0 saturated heterocycles. The summed E-state index contributed by atoms with van der Waals surface area (Å²) in [6.07, 6.45) is 0.858. The Labute approximate surface area is 174 Å². The SMILES string of the molecule is CN(C[C@H](O)c1cccc(OCc2ccc3ccccc3n2)c1)c1cc(=O)cc[nH]1. The first-order chi connectivity index (χ1) is 14.6. The Morgan fingerprint density at radius 2 is 1.93 bits per heavy atom. The molecule has 2 heterocycles. The number of H-pyrrole nitrogens is 1. The summed E-state index contributed by atoms with van der Waals surface area (Å²) in [6.45, 7) is 0.672. The van der Waals surface area contributed by atoms with E-state index >= 15 is 0 Å². The van der Waals surface area contributed by atoms with Gasteiger partial charge in [0.25, 0.3) is 0 Å². The summed E-state index contributed by atoms with van der Waals surface area (Å²) in [7, 11) is 1.82. The molecule has 2 aromatic heterocycles. The molecule has 0 radical (unpaired) electrons. The van der Waals surface area contributed by atoms with Crippen LogP contribution in [0.2, 0.25) is 0 Å². The van der Waals surface area contributed by atoms with Crippen molar-refractivity contribution in [1.29, 1.82) is 0 Å². The fraction of sp³-hybridized carbons (Fsp3) is 0.167. The summed E-state index contributed by atoms with van der Waals surface area (Å²) in [6, 6.07) is 22.3. The van der Waals surface area contributed by atoms with E-state index in [4.69, 9.17) is 4.74 Å². The van der Waals surface area contributed by atoms with Crippen LogP contribution >= 0.6 is 0 Å². The number of aliphatic hydroxyl groups excluding tert-OH is 1. The first-order valence-corrected chi connectivity index (χ1v) is 9.74. The average molecular weight is 401 g/mol. The molecule has 6 heteroatoms. The minimum Gasteiger partial charge on any atom is -0.487 e.